The molecular weight excluding hydrogens is 372 g/mol. The monoisotopic (exact) mass is 398 g/mol. The van der Waals surface area contributed by atoms with E-state index in [-0.39, 0.29) is 30.4 Å². The summed E-state index contributed by atoms with van der Waals surface area (Å²) in [7, 11) is 1.80. The molecule has 0 spiro atoms. The number of nitrogens with zero attached hydrogens (tertiary/aromatic N) is 2. The van der Waals surface area contributed by atoms with E-state index in [1.54, 1.807) is 17.8 Å². The molecule has 1 atom stereocenters. The molecule has 154 valence electrons. The van der Waals surface area contributed by atoms with Crippen LogP contribution in [0.25, 0.3) is 10.9 Å². The topological polar surface area (TPSA) is 102 Å². The van der Waals surface area contributed by atoms with Gasteiger partial charge in [0.25, 0.3) is 5.91 Å². The number of carbonyl (C=O) groups excluding carboxylic acids is 3. The third kappa shape index (κ3) is 4.26. The van der Waals surface area contributed by atoms with Gasteiger partial charge in [-0.3, -0.25) is 24.4 Å². The van der Waals surface area contributed by atoms with Crippen molar-refractivity contribution >= 4 is 28.6 Å². The van der Waals surface area contributed by atoms with E-state index in [4.69, 9.17) is 4.74 Å². The lowest BCUT2D eigenvalue weighted by Crippen LogP contribution is -2.39. The summed E-state index contributed by atoms with van der Waals surface area (Å²) in [6, 6.07) is 5.73. The van der Waals surface area contributed by atoms with E-state index in [2.05, 4.69) is 15.7 Å². The first-order chi connectivity index (χ1) is 14.0. The van der Waals surface area contributed by atoms with E-state index in [0.29, 0.717) is 24.3 Å². The van der Waals surface area contributed by atoms with Gasteiger partial charge in [0.15, 0.2) is 6.61 Å². The van der Waals surface area contributed by atoms with Crippen LogP contribution in [0.1, 0.15) is 56.6 Å². The third-order valence-electron chi connectivity index (χ3n) is 5.76. The molecule has 29 heavy (non-hydrogen) atoms. The predicted molar refractivity (Wildman–Crippen MR) is 106 cm³/mol. The van der Waals surface area contributed by atoms with Gasteiger partial charge in [-0.15, -0.1) is 0 Å². The molecule has 1 aromatic carbocycles. The van der Waals surface area contributed by atoms with Crippen molar-refractivity contribution in [3.05, 3.63) is 23.9 Å². The maximum absolute atomic E-state index is 12.2. The Morgan fingerprint density at radius 2 is 2.03 bits per heavy atom. The van der Waals surface area contributed by atoms with Gasteiger partial charge in [0.05, 0.1) is 17.1 Å². The molecule has 1 aliphatic carbocycles. The average Bonchev–Trinajstić information content (AvgIpc) is 3.03. The molecule has 2 heterocycles. The molecule has 1 aromatic heterocycles. The summed E-state index contributed by atoms with van der Waals surface area (Å²) in [6.07, 6.45) is 6.42. The van der Waals surface area contributed by atoms with E-state index in [1.807, 2.05) is 12.1 Å². The number of hydrogen-bond acceptors (Lipinski definition) is 5. The van der Waals surface area contributed by atoms with Crippen molar-refractivity contribution in [3.63, 3.8) is 0 Å². The highest BCUT2D eigenvalue weighted by Crippen LogP contribution is 2.31. The van der Waals surface area contributed by atoms with Crippen LogP contribution in [0.2, 0.25) is 0 Å². The van der Waals surface area contributed by atoms with Crippen molar-refractivity contribution in [3.8, 4) is 5.75 Å². The Morgan fingerprint density at radius 3 is 2.79 bits per heavy atom. The van der Waals surface area contributed by atoms with Crippen LogP contribution >= 0.6 is 0 Å². The van der Waals surface area contributed by atoms with Crippen molar-refractivity contribution in [2.75, 3.05) is 6.61 Å². The van der Waals surface area contributed by atoms with Crippen molar-refractivity contribution in [2.45, 2.75) is 56.9 Å². The fourth-order valence-electron chi connectivity index (χ4n) is 4.23. The molecule has 1 saturated heterocycles. The second-order valence-electron chi connectivity index (χ2n) is 7.88. The number of aromatic nitrogens is 2. The smallest absolute Gasteiger partial charge is 0.258 e. The Balaban J connectivity index is 1.44. The number of hydrogen-bond donors (Lipinski definition) is 2. The molecule has 0 radical (unpaired) electrons. The Bertz CT molecular complexity index is 946. The molecule has 1 unspecified atom stereocenters. The Kier molecular flexibility index (Phi) is 5.51. The first-order valence-corrected chi connectivity index (χ1v) is 10.2. The van der Waals surface area contributed by atoms with Gasteiger partial charge in [0, 0.05) is 31.0 Å². The van der Waals surface area contributed by atoms with E-state index < -0.39 is 5.92 Å². The summed E-state index contributed by atoms with van der Waals surface area (Å²) in [5, 5.41) is 10.8. The van der Waals surface area contributed by atoms with Crippen molar-refractivity contribution in [1.82, 2.24) is 20.4 Å². The first kappa shape index (κ1) is 19.4. The summed E-state index contributed by atoms with van der Waals surface area (Å²) in [5.74, 6) is -0.514. The lowest BCUT2D eigenvalue weighted by molar-refractivity contribution is -0.134. The minimum atomic E-state index is -0.440. The molecule has 4 rings (SSSR count). The minimum Gasteiger partial charge on any atom is -0.484 e. The normalized spacial score (nSPS) is 20.5. The third-order valence-corrected chi connectivity index (χ3v) is 5.76. The van der Waals surface area contributed by atoms with Crippen LogP contribution in [0.3, 0.4) is 0 Å². The number of aryl methyl sites for hydroxylation is 1. The molecule has 1 saturated carbocycles. The Morgan fingerprint density at radius 1 is 1.24 bits per heavy atom. The largest absolute Gasteiger partial charge is 0.484 e. The van der Waals surface area contributed by atoms with Crippen LogP contribution in [0.5, 0.6) is 5.75 Å². The van der Waals surface area contributed by atoms with Crippen LogP contribution in [0, 0.1) is 0 Å². The van der Waals surface area contributed by atoms with E-state index in [1.165, 1.54) is 19.3 Å². The number of nitrogens with one attached hydrogen (secondary N) is 2. The molecule has 1 aliphatic heterocycles. The standard InChI is InChI=1S/C21H26N4O4/c1-25-17-11-14(29-12-19(27)22-13-5-3-2-4-6-13)7-8-15(17)20(24-25)16-9-10-18(26)23-21(16)28/h7-8,11,13,16H,2-6,9-10,12H2,1H3,(H,22,27)(H,23,26,28). The second-order valence-corrected chi connectivity index (χ2v) is 7.88. The van der Waals surface area contributed by atoms with Gasteiger partial charge in [-0.05, 0) is 31.4 Å². The van der Waals surface area contributed by atoms with Crippen molar-refractivity contribution in [1.29, 1.82) is 0 Å². The summed E-state index contributed by atoms with van der Waals surface area (Å²) in [6.45, 7) is -0.0279. The fourth-order valence-corrected chi connectivity index (χ4v) is 4.23. The number of ether oxygens (including phenoxy) is 1. The van der Waals surface area contributed by atoms with Gasteiger partial charge in [-0.1, -0.05) is 19.3 Å². The molecule has 0 bridgehead atoms. The first-order valence-electron chi connectivity index (χ1n) is 10.2. The predicted octanol–water partition coefficient (Wildman–Crippen LogP) is 1.92. The zero-order chi connectivity index (χ0) is 20.4. The highest BCUT2D eigenvalue weighted by molar-refractivity contribution is 6.02. The van der Waals surface area contributed by atoms with Crippen molar-refractivity contribution < 1.29 is 19.1 Å². The number of fused-ring (bicyclic) bond motifs is 1. The summed E-state index contributed by atoms with van der Waals surface area (Å²) >= 11 is 0. The molecule has 8 nitrogen and oxygen atoms in total. The second kappa shape index (κ2) is 8.23. The van der Waals surface area contributed by atoms with Gasteiger partial charge in [-0.2, -0.15) is 5.10 Å². The van der Waals surface area contributed by atoms with Crippen LogP contribution < -0.4 is 15.4 Å². The maximum Gasteiger partial charge on any atom is 0.258 e. The Hall–Kier alpha value is -2.90. The fraction of sp³-hybridized carbons (Fsp3) is 0.524. The zero-order valence-corrected chi connectivity index (χ0v) is 16.6. The quantitative estimate of drug-likeness (QED) is 0.749. The van der Waals surface area contributed by atoms with E-state index in [9.17, 15) is 14.4 Å². The summed E-state index contributed by atoms with van der Waals surface area (Å²) in [5.41, 5.74) is 1.48. The highest BCUT2D eigenvalue weighted by atomic mass is 16.5. The lowest BCUT2D eigenvalue weighted by atomic mass is 9.93. The minimum absolute atomic E-state index is 0.0279. The SMILES string of the molecule is Cn1nc(C2CCC(=O)NC2=O)c2ccc(OCC(=O)NC3CCCCC3)cc21. The van der Waals surface area contributed by atoms with Crippen molar-refractivity contribution in [2.24, 2.45) is 7.05 Å². The molecule has 2 N–H and O–H groups in total. The number of carbonyl (C=O) groups is 3. The molecule has 3 amide bonds. The van der Waals surface area contributed by atoms with Gasteiger partial charge in [0.1, 0.15) is 5.75 Å². The zero-order valence-electron chi connectivity index (χ0n) is 16.6. The number of rotatable bonds is 5. The summed E-state index contributed by atoms with van der Waals surface area (Å²) < 4.78 is 7.38. The maximum atomic E-state index is 12.2. The van der Waals surface area contributed by atoms with Crippen LogP contribution in [0.15, 0.2) is 18.2 Å². The molecule has 2 aromatic rings. The number of imide groups is 1. The number of amides is 3. The van der Waals surface area contributed by atoms with Crippen LogP contribution in [-0.2, 0) is 21.4 Å². The van der Waals surface area contributed by atoms with Crippen LogP contribution in [-0.4, -0.2) is 40.2 Å². The average molecular weight is 398 g/mol. The van der Waals surface area contributed by atoms with Crippen LogP contribution in [0.4, 0.5) is 0 Å². The lowest BCUT2D eigenvalue weighted by Gasteiger charge is -2.22. The molecular formula is C21H26N4O4. The van der Waals surface area contributed by atoms with Gasteiger partial charge < -0.3 is 10.1 Å². The number of piperidine rings is 1. The molecule has 2 aliphatic rings. The van der Waals surface area contributed by atoms with E-state index in [0.717, 1.165) is 23.7 Å². The molecule has 2 fully saturated rings. The Labute approximate surface area is 169 Å². The van der Waals surface area contributed by atoms with E-state index >= 15 is 0 Å². The number of benzene rings is 1. The summed E-state index contributed by atoms with van der Waals surface area (Å²) in [4.78, 5) is 35.8. The van der Waals surface area contributed by atoms with Gasteiger partial charge >= 0.3 is 0 Å². The van der Waals surface area contributed by atoms with Gasteiger partial charge in [-0.25, -0.2) is 0 Å². The molecule has 8 heteroatoms. The highest BCUT2D eigenvalue weighted by Gasteiger charge is 2.31. The van der Waals surface area contributed by atoms with Gasteiger partial charge in [0.2, 0.25) is 11.8 Å².